The number of carbonyl (C=O) groups excluding carboxylic acids is 1. The number of benzene rings is 2. The molecule has 3 heterocycles. The molecule has 2 N–H and O–H groups in total. The van der Waals surface area contributed by atoms with Crippen LogP contribution in [-0.2, 0) is 11.3 Å². The van der Waals surface area contributed by atoms with Crippen molar-refractivity contribution in [2.75, 3.05) is 11.6 Å². The summed E-state index contributed by atoms with van der Waals surface area (Å²) in [5, 5.41) is 19.6. The summed E-state index contributed by atoms with van der Waals surface area (Å²) in [7, 11) is 0. The zero-order valence-electron chi connectivity index (χ0n) is 24.2. The SMILES string of the molecule is CSC(C)(C)c1cc(NC(=O)NCc2ccccc2Sc2ccc3nnc(C(C)C)n3c2)n(-c2cccc(C)c2)n1. The van der Waals surface area contributed by atoms with Crippen LogP contribution in [0.1, 0.15) is 56.3 Å². The van der Waals surface area contributed by atoms with Crippen LogP contribution in [0.4, 0.5) is 10.6 Å². The second-order valence-electron chi connectivity index (χ2n) is 10.7. The summed E-state index contributed by atoms with van der Waals surface area (Å²) in [6, 6.07) is 21.9. The number of thioether (sulfide) groups is 1. The summed E-state index contributed by atoms with van der Waals surface area (Å²) < 4.78 is 3.64. The van der Waals surface area contributed by atoms with Gasteiger partial charge in [-0.2, -0.15) is 16.9 Å². The quantitative estimate of drug-likeness (QED) is 0.187. The standard InChI is InChI=1S/C31H35N7OS2/c1-20(2)29-35-34-27-15-14-24(19-37(27)29)41-25-13-8-7-11-22(25)18-32-30(39)33-28-17-26(31(4,5)40-6)36-38(28)23-12-9-10-21(3)16-23/h7-17,19-20H,18H2,1-6H3,(H2,32,33,39). The van der Waals surface area contributed by atoms with Gasteiger partial charge in [-0.3, -0.25) is 9.72 Å². The summed E-state index contributed by atoms with van der Waals surface area (Å²) in [5.41, 5.74) is 4.78. The molecule has 212 valence electrons. The van der Waals surface area contributed by atoms with Crippen molar-refractivity contribution in [2.45, 2.75) is 61.6 Å². The molecule has 41 heavy (non-hydrogen) atoms. The summed E-state index contributed by atoms with van der Waals surface area (Å²) in [6.07, 6.45) is 4.14. The number of hydrogen-bond acceptors (Lipinski definition) is 6. The lowest BCUT2D eigenvalue weighted by molar-refractivity contribution is 0.251. The zero-order valence-corrected chi connectivity index (χ0v) is 25.8. The van der Waals surface area contributed by atoms with Gasteiger partial charge in [0.1, 0.15) is 11.6 Å². The van der Waals surface area contributed by atoms with Crippen molar-refractivity contribution in [2.24, 2.45) is 0 Å². The lowest BCUT2D eigenvalue weighted by Gasteiger charge is -2.18. The van der Waals surface area contributed by atoms with Gasteiger partial charge in [-0.15, -0.1) is 10.2 Å². The van der Waals surface area contributed by atoms with E-state index in [0.29, 0.717) is 12.4 Å². The summed E-state index contributed by atoms with van der Waals surface area (Å²) in [5.74, 6) is 1.82. The Bertz CT molecular complexity index is 1690. The molecular formula is C31H35N7OS2. The average Bonchev–Trinajstić information content (AvgIpc) is 3.57. The van der Waals surface area contributed by atoms with Crippen LogP contribution in [0, 0.1) is 6.92 Å². The van der Waals surface area contributed by atoms with Gasteiger partial charge in [0.25, 0.3) is 0 Å². The number of pyridine rings is 1. The minimum absolute atomic E-state index is 0.204. The van der Waals surface area contributed by atoms with Crippen LogP contribution in [0.2, 0.25) is 0 Å². The highest BCUT2D eigenvalue weighted by atomic mass is 32.2. The third-order valence-electron chi connectivity index (χ3n) is 6.88. The fraction of sp³-hybridized carbons (Fsp3) is 0.290. The average molecular weight is 586 g/mol. The minimum Gasteiger partial charge on any atom is -0.334 e. The molecule has 0 aliphatic heterocycles. The highest BCUT2D eigenvalue weighted by Gasteiger charge is 2.25. The van der Waals surface area contributed by atoms with Gasteiger partial charge in [-0.25, -0.2) is 9.48 Å². The Kier molecular flexibility index (Phi) is 8.42. The minimum atomic E-state index is -0.292. The van der Waals surface area contributed by atoms with E-state index in [9.17, 15) is 4.79 Å². The first-order valence-electron chi connectivity index (χ1n) is 13.5. The van der Waals surface area contributed by atoms with Gasteiger partial charge in [-0.1, -0.05) is 55.9 Å². The van der Waals surface area contributed by atoms with E-state index < -0.39 is 0 Å². The molecule has 0 aliphatic rings. The Labute approximate surface area is 249 Å². The van der Waals surface area contributed by atoms with Crippen molar-refractivity contribution in [3.63, 3.8) is 0 Å². The molecule has 0 saturated carbocycles. The van der Waals surface area contributed by atoms with Crippen molar-refractivity contribution < 1.29 is 4.79 Å². The Morgan fingerprint density at radius 3 is 2.59 bits per heavy atom. The molecule has 2 amide bonds. The molecule has 0 atom stereocenters. The third kappa shape index (κ3) is 6.44. The van der Waals surface area contributed by atoms with Crippen molar-refractivity contribution in [1.82, 2.24) is 29.7 Å². The number of urea groups is 1. The molecule has 0 spiro atoms. The highest BCUT2D eigenvalue weighted by molar-refractivity contribution is 7.99. The number of aromatic nitrogens is 5. The van der Waals surface area contributed by atoms with E-state index in [0.717, 1.165) is 43.8 Å². The lowest BCUT2D eigenvalue weighted by atomic mass is 10.1. The Morgan fingerprint density at radius 1 is 1.02 bits per heavy atom. The van der Waals surface area contributed by atoms with E-state index >= 15 is 0 Å². The van der Waals surface area contributed by atoms with Gasteiger partial charge >= 0.3 is 6.03 Å². The monoisotopic (exact) mass is 585 g/mol. The Balaban J connectivity index is 1.33. The van der Waals surface area contributed by atoms with Crippen LogP contribution < -0.4 is 10.6 Å². The number of fused-ring (bicyclic) bond motifs is 1. The number of aryl methyl sites for hydroxylation is 1. The maximum absolute atomic E-state index is 13.2. The highest BCUT2D eigenvalue weighted by Crippen LogP contribution is 2.35. The van der Waals surface area contributed by atoms with E-state index in [1.165, 1.54) is 0 Å². The van der Waals surface area contributed by atoms with Crippen molar-refractivity contribution in [3.05, 3.63) is 95.6 Å². The molecule has 0 radical (unpaired) electrons. The predicted molar refractivity (Wildman–Crippen MR) is 168 cm³/mol. The topological polar surface area (TPSA) is 89.1 Å². The van der Waals surface area contributed by atoms with Gasteiger partial charge in [0.2, 0.25) is 0 Å². The molecule has 0 unspecified atom stereocenters. The van der Waals surface area contributed by atoms with E-state index in [-0.39, 0.29) is 16.7 Å². The number of nitrogens with zero attached hydrogens (tertiary/aromatic N) is 5. The fourth-order valence-electron chi connectivity index (χ4n) is 4.38. The van der Waals surface area contributed by atoms with Gasteiger partial charge in [0, 0.05) is 34.5 Å². The van der Waals surface area contributed by atoms with Gasteiger partial charge < -0.3 is 5.32 Å². The lowest BCUT2D eigenvalue weighted by Crippen LogP contribution is -2.29. The van der Waals surface area contributed by atoms with Crippen LogP contribution in [0.3, 0.4) is 0 Å². The van der Waals surface area contributed by atoms with Crippen LogP contribution in [-0.4, -0.2) is 36.7 Å². The number of rotatable bonds is 9. The predicted octanol–water partition coefficient (Wildman–Crippen LogP) is 7.42. The molecule has 0 aliphatic carbocycles. The van der Waals surface area contributed by atoms with Gasteiger partial charge in [0.15, 0.2) is 5.65 Å². The van der Waals surface area contributed by atoms with Crippen LogP contribution in [0.5, 0.6) is 0 Å². The zero-order chi connectivity index (χ0) is 29.1. The molecular weight excluding hydrogens is 551 g/mol. The molecule has 0 saturated heterocycles. The van der Waals surface area contributed by atoms with Gasteiger partial charge in [-0.05, 0) is 68.5 Å². The molecule has 5 aromatic rings. The first-order valence-corrected chi connectivity index (χ1v) is 15.6. The van der Waals surface area contributed by atoms with E-state index in [4.69, 9.17) is 5.10 Å². The summed E-state index contributed by atoms with van der Waals surface area (Å²) in [4.78, 5) is 15.3. The molecule has 3 aromatic heterocycles. The Morgan fingerprint density at radius 2 is 1.83 bits per heavy atom. The first kappa shape index (κ1) is 28.8. The molecule has 8 nitrogen and oxygen atoms in total. The number of hydrogen-bond donors (Lipinski definition) is 2. The van der Waals surface area contributed by atoms with Crippen LogP contribution in [0.15, 0.2) is 82.7 Å². The van der Waals surface area contributed by atoms with Crippen molar-refractivity contribution in [3.8, 4) is 5.69 Å². The Hall–Kier alpha value is -3.76. The third-order valence-corrected chi connectivity index (χ3v) is 9.21. The molecule has 10 heteroatoms. The van der Waals surface area contributed by atoms with Gasteiger partial charge in [0.05, 0.1) is 16.1 Å². The smallest absolute Gasteiger partial charge is 0.320 e. The number of anilines is 1. The number of nitrogens with one attached hydrogen (secondary N) is 2. The maximum atomic E-state index is 13.2. The molecule has 0 fully saturated rings. The first-order chi connectivity index (χ1) is 19.6. The fourth-order valence-corrected chi connectivity index (χ4v) is 5.66. The second-order valence-corrected chi connectivity index (χ2v) is 13.2. The normalized spacial score (nSPS) is 11.8. The van der Waals surface area contributed by atoms with Crippen molar-refractivity contribution >= 4 is 41.0 Å². The van der Waals surface area contributed by atoms with E-state index in [1.807, 2.05) is 59.9 Å². The van der Waals surface area contributed by atoms with E-state index in [2.05, 4.69) is 79.2 Å². The maximum Gasteiger partial charge on any atom is 0.320 e. The van der Waals surface area contributed by atoms with Crippen LogP contribution in [0.25, 0.3) is 11.3 Å². The largest absolute Gasteiger partial charge is 0.334 e. The number of carbonyl (C=O) groups is 1. The van der Waals surface area contributed by atoms with E-state index in [1.54, 1.807) is 28.2 Å². The summed E-state index contributed by atoms with van der Waals surface area (Å²) in [6.45, 7) is 10.9. The molecule has 0 bridgehead atoms. The molecule has 2 aromatic carbocycles. The molecule has 5 rings (SSSR count). The number of amides is 2. The second kappa shape index (κ2) is 12.0. The van der Waals surface area contributed by atoms with Crippen molar-refractivity contribution in [1.29, 1.82) is 0 Å². The van der Waals surface area contributed by atoms with Crippen LogP contribution >= 0.6 is 23.5 Å². The summed E-state index contributed by atoms with van der Waals surface area (Å²) >= 11 is 3.37.